The van der Waals surface area contributed by atoms with Gasteiger partial charge in [-0.15, -0.1) is 0 Å². The fraction of sp³-hybridized carbons (Fsp3) is 0.385. The van der Waals surface area contributed by atoms with E-state index in [2.05, 4.69) is 10.0 Å². The Bertz CT molecular complexity index is 513. The first-order valence-electron chi connectivity index (χ1n) is 6.03. The van der Waals surface area contributed by atoms with Gasteiger partial charge in [0.05, 0.1) is 29.5 Å². The normalized spacial score (nSPS) is 15.4. The monoisotopic (exact) mass is 321 g/mol. The van der Waals surface area contributed by atoms with Gasteiger partial charge in [-0.25, -0.2) is 0 Å². The number of nitrogens with zero attached hydrogens (tertiary/aromatic N) is 3. The zero-order valence-electron chi connectivity index (χ0n) is 12.9. The molecule has 0 aliphatic carbocycles. The zero-order valence-corrected chi connectivity index (χ0v) is 15.7. The molecule has 1 aliphatic rings. The molecule has 0 fully saturated rings. The Morgan fingerprint density at radius 2 is 1.90 bits per heavy atom. The molecule has 2 rings (SSSR count). The maximum Gasteiger partial charge on any atom is 0.0813 e. The summed E-state index contributed by atoms with van der Waals surface area (Å²) in [4.78, 5) is 1.78. The fourth-order valence-electron chi connectivity index (χ4n) is 2.23. The number of para-hydroxylation sites is 1. The summed E-state index contributed by atoms with van der Waals surface area (Å²) in [6, 6.07) is 10.0. The molecule has 113 valence electrons. The Labute approximate surface area is 150 Å². The molecule has 2 N–H and O–H groups in total. The van der Waals surface area contributed by atoms with Crippen molar-refractivity contribution >= 4 is 46.3 Å². The van der Waals surface area contributed by atoms with Crippen LogP contribution in [0.1, 0.15) is 6.92 Å². The molecule has 1 heterocycles. The van der Waals surface area contributed by atoms with E-state index >= 15 is 0 Å². The van der Waals surface area contributed by atoms with Gasteiger partial charge in [0.15, 0.2) is 0 Å². The third-order valence-corrected chi connectivity index (χ3v) is 3.98. The van der Waals surface area contributed by atoms with Crippen LogP contribution in [0.2, 0.25) is 0 Å². The van der Waals surface area contributed by atoms with Crippen molar-refractivity contribution in [2.24, 2.45) is 0 Å². The SMILES string of the molecule is CC1=C(N(C)CS(=O)[O-])CN(c2ccccc2)N1C.O.[Na]. The van der Waals surface area contributed by atoms with Crippen LogP contribution in [0.4, 0.5) is 5.69 Å². The summed E-state index contributed by atoms with van der Waals surface area (Å²) in [5.74, 6) is 0.0170. The van der Waals surface area contributed by atoms with E-state index in [0.717, 1.165) is 17.1 Å². The first-order chi connectivity index (χ1) is 9.00. The van der Waals surface area contributed by atoms with Crippen molar-refractivity contribution in [1.82, 2.24) is 9.91 Å². The largest absolute Gasteiger partial charge is 0.771 e. The predicted molar refractivity (Wildman–Crippen MR) is 85.2 cm³/mol. The van der Waals surface area contributed by atoms with Gasteiger partial charge in [0.25, 0.3) is 0 Å². The van der Waals surface area contributed by atoms with Crippen molar-refractivity contribution in [2.45, 2.75) is 6.92 Å². The average Bonchev–Trinajstić information content (AvgIpc) is 2.67. The first kappa shape index (κ1) is 20.4. The van der Waals surface area contributed by atoms with E-state index < -0.39 is 11.1 Å². The van der Waals surface area contributed by atoms with Crippen LogP contribution in [-0.2, 0) is 11.1 Å². The fourth-order valence-corrected chi connectivity index (χ4v) is 2.70. The molecule has 0 saturated heterocycles. The number of hydrogen-bond acceptors (Lipinski definition) is 5. The Morgan fingerprint density at radius 3 is 2.43 bits per heavy atom. The minimum atomic E-state index is -2.07. The summed E-state index contributed by atoms with van der Waals surface area (Å²) in [5, 5.41) is 4.17. The third-order valence-electron chi connectivity index (χ3n) is 3.38. The van der Waals surface area contributed by atoms with Gasteiger partial charge >= 0.3 is 0 Å². The number of hydrogen-bond donors (Lipinski definition) is 0. The summed E-state index contributed by atoms with van der Waals surface area (Å²) in [6.07, 6.45) is 0. The molecule has 1 unspecified atom stereocenters. The van der Waals surface area contributed by atoms with Gasteiger partial charge in [-0.1, -0.05) is 18.2 Å². The zero-order chi connectivity index (χ0) is 14.0. The van der Waals surface area contributed by atoms with E-state index in [1.54, 1.807) is 11.9 Å². The van der Waals surface area contributed by atoms with E-state index in [4.69, 9.17) is 0 Å². The molecule has 0 aromatic heterocycles. The number of rotatable bonds is 4. The second kappa shape index (κ2) is 8.77. The molecule has 1 radical (unpaired) electrons. The molecule has 0 saturated carbocycles. The van der Waals surface area contributed by atoms with E-state index in [0.29, 0.717) is 6.54 Å². The molecule has 1 aromatic rings. The van der Waals surface area contributed by atoms with Crippen LogP contribution in [0.25, 0.3) is 0 Å². The van der Waals surface area contributed by atoms with Gasteiger partial charge in [-0.05, 0) is 30.1 Å². The Morgan fingerprint density at radius 1 is 1.33 bits per heavy atom. The predicted octanol–water partition coefficient (Wildman–Crippen LogP) is 0.148. The molecule has 1 aromatic carbocycles. The van der Waals surface area contributed by atoms with Crippen LogP contribution in [0, 0.1) is 0 Å². The van der Waals surface area contributed by atoms with Crippen molar-refractivity contribution in [3.63, 3.8) is 0 Å². The number of allylic oxidation sites excluding steroid dienone is 1. The minimum Gasteiger partial charge on any atom is -0.771 e. The van der Waals surface area contributed by atoms with Crippen LogP contribution in [0.5, 0.6) is 0 Å². The van der Waals surface area contributed by atoms with Gasteiger partial charge in [0, 0.05) is 43.7 Å². The maximum atomic E-state index is 10.8. The molecular weight excluding hydrogens is 301 g/mol. The second-order valence-electron chi connectivity index (χ2n) is 4.58. The second-order valence-corrected chi connectivity index (χ2v) is 5.45. The van der Waals surface area contributed by atoms with Crippen LogP contribution in [0.3, 0.4) is 0 Å². The van der Waals surface area contributed by atoms with Crippen molar-refractivity contribution in [3.8, 4) is 0 Å². The van der Waals surface area contributed by atoms with Gasteiger partial charge < -0.3 is 14.9 Å². The third kappa shape index (κ3) is 4.70. The molecular formula is C13H20N3NaO3S-. The Hall–Kier alpha value is -0.570. The van der Waals surface area contributed by atoms with E-state index in [1.807, 2.05) is 44.3 Å². The van der Waals surface area contributed by atoms with Crippen LogP contribution < -0.4 is 5.01 Å². The summed E-state index contributed by atoms with van der Waals surface area (Å²) >= 11 is -2.07. The van der Waals surface area contributed by atoms with E-state index in [1.165, 1.54) is 0 Å². The summed E-state index contributed by atoms with van der Waals surface area (Å²) in [6.45, 7) is 2.68. The summed E-state index contributed by atoms with van der Waals surface area (Å²) in [5.41, 5.74) is 3.18. The first-order valence-corrected chi connectivity index (χ1v) is 7.28. The Balaban J connectivity index is 0.00000200. The topological polar surface area (TPSA) is 81.4 Å². The van der Waals surface area contributed by atoms with E-state index in [-0.39, 0.29) is 40.9 Å². The molecule has 0 bridgehead atoms. The molecule has 1 aliphatic heterocycles. The Kier molecular flexibility index (Phi) is 8.53. The minimum absolute atomic E-state index is 0. The van der Waals surface area contributed by atoms with Crippen LogP contribution in [0.15, 0.2) is 41.7 Å². The number of benzene rings is 1. The van der Waals surface area contributed by atoms with Crippen molar-refractivity contribution in [1.29, 1.82) is 0 Å². The van der Waals surface area contributed by atoms with Crippen molar-refractivity contribution < 1.29 is 14.2 Å². The van der Waals surface area contributed by atoms with Crippen LogP contribution >= 0.6 is 0 Å². The van der Waals surface area contributed by atoms with Crippen LogP contribution in [-0.4, -0.2) is 80.2 Å². The number of hydrazine groups is 1. The molecule has 1 atom stereocenters. The molecule has 6 nitrogen and oxygen atoms in total. The molecule has 8 heteroatoms. The molecule has 21 heavy (non-hydrogen) atoms. The summed E-state index contributed by atoms with van der Waals surface area (Å²) < 4.78 is 21.6. The van der Waals surface area contributed by atoms with Gasteiger partial charge in [0.1, 0.15) is 0 Å². The van der Waals surface area contributed by atoms with Gasteiger partial charge in [0.2, 0.25) is 0 Å². The summed E-state index contributed by atoms with van der Waals surface area (Å²) in [7, 11) is 3.79. The average molecular weight is 321 g/mol. The van der Waals surface area contributed by atoms with Gasteiger partial charge in [-0.3, -0.25) is 14.2 Å². The maximum absolute atomic E-state index is 10.8. The van der Waals surface area contributed by atoms with Gasteiger partial charge in [-0.2, -0.15) is 0 Å². The standard InChI is InChI=1S/C13H19N3O2S.Na.H2O/c1-11-13(14(2)10-19(17)18)9-16(15(11)3)12-7-5-4-6-8-12;;/h4-8H,9-10H2,1-3H3,(H,17,18);;1H2/p-1. The smallest absolute Gasteiger partial charge is 0.0813 e. The van der Waals surface area contributed by atoms with E-state index in [9.17, 15) is 8.76 Å². The quantitative estimate of drug-likeness (QED) is 0.582. The number of anilines is 1. The van der Waals surface area contributed by atoms with Crippen molar-refractivity contribution in [3.05, 3.63) is 41.7 Å². The molecule has 0 amide bonds. The number of likely N-dealkylation sites (N-methyl/N-ethyl adjacent to an activating group) is 1. The molecule has 0 spiro atoms. The van der Waals surface area contributed by atoms with Crippen molar-refractivity contribution in [2.75, 3.05) is 31.5 Å².